The molecule has 1 atom stereocenters. The summed E-state index contributed by atoms with van der Waals surface area (Å²) in [4.78, 5) is 14.5. The van der Waals surface area contributed by atoms with Gasteiger partial charge in [0.25, 0.3) is 0 Å². The second-order valence-electron chi connectivity index (χ2n) is 6.47. The summed E-state index contributed by atoms with van der Waals surface area (Å²) >= 11 is 0. The maximum Gasteiger partial charge on any atom is 0.322 e. The lowest BCUT2D eigenvalue weighted by molar-refractivity contribution is 0.174. The number of anilines is 1. The van der Waals surface area contributed by atoms with Crippen molar-refractivity contribution < 1.29 is 14.3 Å². The molecule has 24 heavy (non-hydrogen) atoms. The van der Waals surface area contributed by atoms with Gasteiger partial charge in [-0.1, -0.05) is 24.3 Å². The van der Waals surface area contributed by atoms with Crippen molar-refractivity contribution >= 4 is 11.7 Å². The summed E-state index contributed by atoms with van der Waals surface area (Å²) in [7, 11) is 0. The quantitative estimate of drug-likeness (QED) is 0.915. The van der Waals surface area contributed by atoms with Gasteiger partial charge in [0.1, 0.15) is 0 Å². The molecule has 0 aliphatic carbocycles. The van der Waals surface area contributed by atoms with E-state index in [0.29, 0.717) is 5.75 Å². The zero-order chi connectivity index (χ0) is 16.8. The molecule has 0 aromatic heterocycles. The molecule has 5 heteroatoms. The average molecular weight is 324 g/mol. The summed E-state index contributed by atoms with van der Waals surface area (Å²) in [5, 5.41) is 3.14. The maximum absolute atomic E-state index is 12.7. The molecule has 0 bridgehead atoms. The van der Waals surface area contributed by atoms with Gasteiger partial charge in [-0.05, 0) is 38.0 Å². The molecule has 0 saturated heterocycles. The summed E-state index contributed by atoms with van der Waals surface area (Å²) < 4.78 is 11.1. The fourth-order valence-electron chi connectivity index (χ4n) is 3.44. The Kier molecular flexibility index (Phi) is 3.37. The number of hydrogen-bond acceptors (Lipinski definition) is 3. The van der Waals surface area contributed by atoms with Gasteiger partial charge in [0.15, 0.2) is 11.5 Å². The van der Waals surface area contributed by atoms with Crippen LogP contribution in [0.3, 0.4) is 0 Å². The molecular formula is C19H20N2O3. The number of urea groups is 1. The number of nitrogens with one attached hydrogen (secondary N) is 1. The first-order chi connectivity index (χ1) is 11.6. The van der Waals surface area contributed by atoms with Crippen LogP contribution in [0, 0.1) is 6.92 Å². The second-order valence-corrected chi connectivity index (χ2v) is 6.47. The lowest BCUT2D eigenvalue weighted by Crippen LogP contribution is -2.50. The van der Waals surface area contributed by atoms with Crippen LogP contribution in [0.15, 0.2) is 36.4 Å². The van der Waals surface area contributed by atoms with Gasteiger partial charge < -0.3 is 14.8 Å². The van der Waals surface area contributed by atoms with E-state index in [0.717, 1.165) is 28.1 Å². The lowest BCUT2D eigenvalue weighted by atomic mass is 9.91. The molecule has 1 unspecified atom stereocenters. The number of amides is 2. The van der Waals surface area contributed by atoms with Crippen LogP contribution in [0.4, 0.5) is 10.5 Å². The predicted molar refractivity (Wildman–Crippen MR) is 91.7 cm³/mol. The van der Waals surface area contributed by atoms with Gasteiger partial charge in [-0.15, -0.1) is 0 Å². The van der Waals surface area contributed by atoms with Gasteiger partial charge in [-0.25, -0.2) is 4.79 Å². The first-order valence-corrected chi connectivity index (χ1v) is 8.15. The number of ether oxygens (including phenoxy) is 2. The van der Waals surface area contributed by atoms with Crippen molar-refractivity contribution in [3.8, 4) is 11.5 Å². The second kappa shape index (κ2) is 5.44. The van der Waals surface area contributed by atoms with E-state index in [1.54, 1.807) is 4.90 Å². The lowest BCUT2D eigenvalue weighted by Gasteiger charge is -2.38. The highest BCUT2D eigenvalue weighted by atomic mass is 16.7. The van der Waals surface area contributed by atoms with Crippen LogP contribution in [-0.2, 0) is 0 Å². The van der Waals surface area contributed by atoms with Gasteiger partial charge in [0.05, 0.1) is 11.7 Å². The van der Waals surface area contributed by atoms with Gasteiger partial charge in [0.2, 0.25) is 6.79 Å². The number of rotatable bonds is 2. The molecule has 1 N–H and O–H groups in total. The molecule has 2 amide bonds. The molecule has 2 aliphatic heterocycles. The summed E-state index contributed by atoms with van der Waals surface area (Å²) in [6.45, 7) is 6.28. The van der Waals surface area contributed by atoms with Crippen LogP contribution >= 0.6 is 0 Å². The zero-order valence-corrected chi connectivity index (χ0v) is 14.0. The summed E-state index contributed by atoms with van der Waals surface area (Å²) in [6.07, 6.45) is 0. The Morgan fingerprint density at radius 1 is 1.12 bits per heavy atom. The van der Waals surface area contributed by atoms with Crippen molar-refractivity contribution in [2.24, 2.45) is 0 Å². The van der Waals surface area contributed by atoms with E-state index < -0.39 is 0 Å². The minimum absolute atomic E-state index is 0.0435. The van der Waals surface area contributed by atoms with E-state index in [1.165, 1.54) is 0 Å². The molecule has 2 heterocycles. The van der Waals surface area contributed by atoms with E-state index in [1.807, 2.05) is 38.1 Å². The molecule has 124 valence electrons. The molecule has 2 aromatic rings. The van der Waals surface area contributed by atoms with E-state index in [2.05, 4.69) is 24.4 Å². The fraction of sp³-hybridized carbons (Fsp3) is 0.316. The first kappa shape index (κ1) is 14.9. The van der Waals surface area contributed by atoms with Crippen LogP contribution in [0.5, 0.6) is 11.5 Å². The Bertz CT molecular complexity index is 816. The van der Waals surface area contributed by atoms with Gasteiger partial charge >= 0.3 is 6.03 Å². The van der Waals surface area contributed by atoms with Gasteiger partial charge in [-0.2, -0.15) is 0 Å². The van der Waals surface area contributed by atoms with Crippen LogP contribution in [-0.4, -0.2) is 18.9 Å². The molecular weight excluding hydrogens is 304 g/mol. The number of carbonyl (C=O) groups excluding carboxylic acids is 1. The standard InChI is InChI=1S/C19H20N2O3/c1-11(2)21-15-9-17-16(23-10-24-17)8-14(15)18(20-19(21)22)13-7-5-4-6-12(13)3/h4-9,11,18H,10H2,1-3H3,(H,20,22). The van der Waals surface area contributed by atoms with Crippen molar-refractivity contribution in [3.05, 3.63) is 53.1 Å². The van der Waals surface area contributed by atoms with Crippen LogP contribution in [0.1, 0.15) is 36.6 Å². The minimum Gasteiger partial charge on any atom is -0.454 e. The highest BCUT2D eigenvalue weighted by Gasteiger charge is 2.35. The fourth-order valence-corrected chi connectivity index (χ4v) is 3.44. The highest BCUT2D eigenvalue weighted by Crippen LogP contribution is 2.44. The molecule has 2 aromatic carbocycles. The molecule has 0 radical (unpaired) electrons. The number of nitrogens with zero attached hydrogens (tertiary/aromatic N) is 1. The molecule has 4 rings (SSSR count). The predicted octanol–water partition coefficient (Wildman–Crippen LogP) is 3.75. The average Bonchev–Trinajstić information content (AvgIpc) is 2.99. The zero-order valence-electron chi connectivity index (χ0n) is 14.0. The van der Waals surface area contributed by atoms with E-state index in [9.17, 15) is 4.79 Å². The summed E-state index contributed by atoms with van der Waals surface area (Å²) in [5.41, 5.74) is 4.15. The number of benzene rings is 2. The summed E-state index contributed by atoms with van der Waals surface area (Å²) in [5.74, 6) is 1.42. The number of carbonyl (C=O) groups is 1. The Hall–Kier alpha value is -2.69. The maximum atomic E-state index is 12.7. The van der Waals surface area contributed by atoms with E-state index in [4.69, 9.17) is 9.47 Å². The van der Waals surface area contributed by atoms with Crippen molar-refractivity contribution in [1.82, 2.24) is 5.32 Å². The van der Waals surface area contributed by atoms with E-state index in [-0.39, 0.29) is 24.9 Å². The third kappa shape index (κ3) is 2.19. The molecule has 0 spiro atoms. The van der Waals surface area contributed by atoms with Crippen LogP contribution in [0.25, 0.3) is 0 Å². The molecule has 2 aliphatic rings. The Morgan fingerprint density at radius 3 is 2.54 bits per heavy atom. The highest BCUT2D eigenvalue weighted by molar-refractivity contribution is 5.97. The number of hydrogen-bond donors (Lipinski definition) is 1. The van der Waals surface area contributed by atoms with Crippen molar-refractivity contribution in [1.29, 1.82) is 0 Å². The van der Waals surface area contributed by atoms with Crippen molar-refractivity contribution in [2.45, 2.75) is 32.9 Å². The topological polar surface area (TPSA) is 50.8 Å². The number of fused-ring (bicyclic) bond motifs is 2. The van der Waals surface area contributed by atoms with E-state index >= 15 is 0 Å². The Morgan fingerprint density at radius 2 is 1.83 bits per heavy atom. The van der Waals surface area contributed by atoms with Crippen molar-refractivity contribution in [2.75, 3.05) is 11.7 Å². The SMILES string of the molecule is Cc1ccccc1C1NC(=O)N(C(C)C)c2cc3c(cc21)OCO3. The Balaban J connectivity index is 1.92. The van der Waals surface area contributed by atoms with Gasteiger partial charge in [-0.3, -0.25) is 4.90 Å². The first-order valence-electron chi connectivity index (χ1n) is 8.15. The minimum atomic E-state index is -0.196. The smallest absolute Gasteiger partial charge is 0.322 e. The third-order valence-electron chi connectivity index (χ3n) is 4.59. The molecule has 0 fully saturated rings. The largest absolute Gasteiger partial charge is 0.454 e. The third-order valence-corrected chi connectivity index (χ3v) is 4.59. The normalized spacial score (nSPS) is 18.6. The molecule has 0 saturated carbocycles. The number of aryl methyl sites for hydroxylation is 1. The summed E-state index contributed by atoms with van der Waals surface area (Å²) in [6, 6.07) is 11.8. The molecule has 5 nitrogen and oxygen atoms in total. The monoisotopic (exact) mass is 324 g/mol. The van der Waals surface area contributed by atoms with Crippen LogP contribution < -0.4 is 19.7 Å². The van der Waals surface area contributed by atoms with Crippen LogP contribution in [0.2, 0.25) is 0 Å². The Labute approximate surface area is 141 Å². The van der Waals surface area contributed by atoms with Crippen molar-refractivity contribution in [3.63, 3.8) is 0 Å². The van der Waals surface area contributed by atoms with Gasteiger partial charge in [0, 0.05) is 17.7 Å².